The van der Waals surface area contributed by atoms with Crippen molar-refractivity contribution in [3.05, 3.63) is 41.9 Å². The van der Waals surface area contributed by atoms with Crippen molar-refractivity contribution < 1.29 is 9.15 Å². The highest BCUT2D eigenvalue weighted by Crippen LogP contribution is 2.29. The number of hydrogen-bond acceptors (Lipinski definition) is 4. The fraction of sp³-hybridized carbons (Fsp3) is 0.588. The van der Waals surface area contributed by atoms with Gasteiger partial charge >= 0.3 is 0 Å². The molecule has 0 N–H and O–H groups in total. The third kappa shape index (κ3) is 3.78. The number of aromatic nitrogens is 2. The first-order valence-electron chi connectivity index (χ1n) is 8.09. The summed E-state index contributed by atoms with van der Waals surface area (Å²) in [6, 6.07) is 4.14. The molecule has 2 aromatic heterocycles. The zero-order valence-electron chi connectivity index (χ0n) is 13.5. The van der Waals surface area contributed by atoms with E-state index in [1.54, 1.807) is 0 Å². The molecule has 0 unspecified atom stereocenters. The minimum Gasteiger partial charge on any atom is -0.462 e. The molecular formula is C17H25N3O2. The van der Waals surface area contributed by atoms with Crippen LogP contribution in [0.15, 0.2) is 28.9 Å². The molecule has 1 aliphatic heterocycles. The highest BCUT2D eigenvalue weighted by molar-refractivity contribution is 5.10. The number of aryl methyl sites for hydroxylation is 1. The minimum atomic E-state index is 0.154. The van der Waals surface area contributed by atoms with E-state index in [2.05, 4.69) is 33.6 Å². The fourth-order valence-corrected chi connectivity index (χ4v) is 2.88. The zero-order valence-corrected chi connectivity index (χ0v) is 13.5. The number of rotatable bonds is 6. The summed E-state index contributed by atoms with van der Waals surface area (Å²) < 4.78 is 13.9. The van der Waals surface area contributed by atoms with Crippen LogP contribution in [0.5, 0.6) is 0 Å². The molecule has 0 saturated carbocycles. The Morgan fingerprint density at radius 1 is 1.36 bits per heavy atom. The Labute approximate surface area is 131 Å². The van der Waals surface area contributed by atoms with E-state index in [0.29, 0.717) is 0 Å². The lowest BCUT2D eigenvalue weighted by atomic mass is 10.1. The molecule has 1 aliphatic rings. The molecule has 22 heavy (non-hydrogen) atoms. The molecule has 0 radical (unpaired) electrons. The zero-order chi connectivity index (χ0) is 15.4. The predicted molar refractivity (Wildman–Crippen MR) is 84.6 cm³/mol. The topological polar surface area (TPSA) is 43.4 Å². The lowest BCUT2D eigenvalue weighted by molar-refractivity contribution is 0.000922. The van der Waals surface area contributed by atoms with E-state index >= 15 is 0 Å². The minimum absolute atomic E-state index is 0.154. The maximum Gasteiger partial charge on any atom is 0.133 e. The molecule has 1 fully saturated rings. The first kappa shape index (κ1) is 15.3. The van der Waals surface area contributed by atoms with Gasteiger partial charge in [-0.1, -0.05) is 0 Å². The molecule has 120 valence electrons. The number of ether oxygens (including phenoxy) is 1. The van der Waals surface area contributed by atoms with Crippen LogP contribution in [0.1, 0.15) is 42.7 Å². The van der Waals surface area contributed by atoms with Crippen molar-refractivity contribution in [1.29, 1.82) is 0 Å². The second-order valence-electron chi connectivity index (χ2n) is 6.06. The van der Waals surface area contributed by atoms with Crippen LogP contribution in [0.3, 0.4) is 0 Å². The molecule has 0 aliphatic carbocycles. The van der Waals surface area contributed by atoms with Gasteiger partial charge in [-0.2, -0.15) is 0 Å². The molecule has 1 atom stereocenters. The number of nitrogens with zero attached hydrogens (tertiary/aromatic N) is 3. The van der Waals surface area contributed by atoms with Gasteiger partial charge in [-0.15, -0.1) is 0 Å². The summed E-state index contributed by atoms with van der Waals surface area (Å²) in [5.41, 5.74) is 0. The van der Waals surface area contributed by atoms with Crippen LogP contribution < -0.4 is 0 Å². The van der Waals surface area contributed by atoms with Gasteiger partial charge in [0.25, 0.3) is 0 Å². The van der Waals surface area contributed by atoms with Gasteiger partial charge in [-0.05, 0) is 45.4 Å². The second-order valence-corrected chi connectivity index (χ2v) is 6.06. The van der Waals surface area contributed by atoms with Gasteiger partial charge < -0.3 is 13.7 Å². The summed E-state index contributed by atoms with van der Waals surface area (Å²) in [7, 11) is 2.12. The lowest BCUT2D eigenvalue weighted by Gasteiger charge is -2.20. The summed E-state index contributed by atoms with van der Waals surface area (Å²) in [4.78, 5) is 6.51. The third-order valence-electron chi connectivity index (χ3n) is 4.25. The average Bonchev–Trinajstić information content (AvgIpc) is 3.15. The van der Waals surface area contributed by atoms with Gasteiger partial charge in [-0.25, -0.2) is 4.98 Å². The van der Waals surface area contributed by atoms with Crippen molar-refractivity contribution in [2.45, 2.75) is 45.4 Å². The van der Waals surface area contributed by atoms with Gasteiger partial charge in [0, 0.05) is 32.1 Å². The SMILES string of the molecule is Cc1nccn1CCN(C)Cc1ccc([C@H]2CCCCO2)o1. The molecule has 3 heterocycles. The van der Waals surface area contributed by atoms with E-state index < -0.39 is 0 Å². The summed E-state index contributed by atoms with van der Waals surface area (Å²) in [5, 5.41) is 0. The first-order valence-corrected chi connectivity index (χ1v) is 8.09. The highest BCUT2D eigenvalue weighted by atomic mass is 16.5. The molecule has 0 amide bonds. The van der Waals surface area contributed by atoms with E-state index in [4.69, 9.17) is 9.15 Å². The van der Waals surface area contributed by atoms with Crippen LogP contribution in [0, 0.1) is 6.92 Å². The Bertz CT molecular complexity index is 584. The predicted octanol–water partition coefficient (Wildman–Crippen LogP) is 3.16. The van der Waals surface area contributed by atoms with Crippen LogP contribution in [0.4, 0.5) is 0 Å². The Hall–Kier alpha value is -1.59. The van der Waals surface area contributed by atoms with Crippen molar-refractivity contribution in [1.82, 2.24) is 14.5 Å². The van der Waals surface area contributed by atoms with Crippen molar-refractivity contribution >= 4 is 0 Å². The normalized spacial score (nSPS) is 19.0. The number of imidazole rings is 1. The lowest BCUT2D eigenvalue weighted by Crippen LogP contribution is -2.22. The van der Waals surface area contributed by atoms with Crippen LogP contribution in [-0.2, 0) is 17.8 Å². The first-order chi connectivity index (χ1) is 10.7. The van der Waals surface area contributed by atoms with Gasteiger partial charge in [0.1, 0.15) is 23.4 Å². The van der Waals surface area contributed by atoms with Crippen molar-refractivity contribution in [3.63, 3.8) is 0 Å². The van der Waals surface area contributed by atoms with E-state index in [9.17, 15) is 0 Å². The number of likely N-dealkylation sites (N-methyl/N-ethyl adjacent to an activating group) is 1. The summed E-state index contributed by atoms with van der Waals surface area (Å²) in [6.07, 6.45) is 7.49. The van der Waals surface area contributed by atoms with Gasteiger partial charge in [0.05, 0.1) is 6.54 Å². The average molecular weight is 303 g/mol. The summed E-state index contributed by atoms with van der Waals surface area (Å²) in [5.74, 6) is 3.05. The Morgan fingerprint density at radius 2 is 2.27 bits per heavy atom. The van der Waals surface area contributed by atoms with E-state index in [-0.39, 0.29) is 6.10 Å². The van der Waals surface area contributed by atoms with Crippen molar-refractivity contribution in [3.8, 4) is 0 Å². The second kappa shape index (κ2) is 7.11. The monoisotopic (exact) mass is 303 g/mol. The number of hydrogen-bond donors (Lipinski definition) is 0. The molecule has 2 aromatic rings. The van der Waals surface area contributed by atoms with Crippen molar-refractivity contribution in [2.24, 2.45) is 0 Å². The third-order valence-corrected chi connectivity index (χ3v) is 4.25. The van der Waals surface area contributed by atoms with E-state index in [1.165, 1.54) is 12.8 Å². The van der Waals surface area contributed by atoms with Crippen LogP contribution in [0.25, 0.3) is 0 Å². The molecule has 5 heteroatoms. The molecule has 0 bridgehead atoms. The molecule has 1 saturated heterocycles. The summed E-state index contributed by atoms with van der Waals surface area (Å²) >= 11 is 0. The smallest absolute Gasteiger partial charge is 0.133 e. The van der Waals surface area contributed by atoms with E-state index in [0.717, 1.165) is 50.0 Å². The largest absolute Gasteiger partial charge is 0.462 e. The number of furan rings is 1. The Balaban J connectivity index is 1.50. The van der Waals surface area contributed by atoms with E-state index in [1.807, 2.05) is 19.3 Å². The summed E-state index contributed by atoms with van der Waals surface area (Å²) in [6.45, 7) is 5.61. The van der Waals surface area contributed by atoms with Crippen LogP contribution in [-0.4, -0.2) is 34.7 Å². The maximum absolute atomic E-state index is 5.97. The highest BCUT2D eigenvalue weighted by Gasteiger charge is 2.19. The van der Waals surface area contributed by atoms with Gasteiger partial charge in [0.2, 0.25) is 0 Å². The maximum atomic E-state index is 5.97. The molecule has 5 nitrogen and oxygen atoms in total. The molecule has 0 aromatic carbocycles. The van der Waals surface area contributed by atoms with Gasteiger partial charge in [0.15, 0.2) is 0 Å². The fourth-order valence-electron chi connectivity index (χ4n) is 2.88. The van der Waals surface area contributed by atoms with Crippen LogP contribution in [0.2, 0.25) is 0 Å². The van der Waals surface area contributed by atoms with Crippen molar-refractivity contribution in [2.75, 3.05) is 20.2 Å². The van der Waals surface area contributed by atoms with Crippen LogP contribution >= 0.6 is 0 Å². The standard InChI is InChI=1S/C17H25N3O2/c1-14-18-8-9-20(14)11-10-19(2)13-15-6-7-17(22-15)16-5-3-4-12-21-16/h6-9,16H,3-5,10-13H2,1-2H3/t16-/m1/s1. The quantitative estimate of drug-likeness (QED) is 0.822. The molecule has 0 spiro atoms. The Kier molecular flexibility index (Phi) is 4.95. The van der Waals surface area contributed by atoms with Gasteiger partial charge in [-0.3, -0.25) is 4.90 Å². The molecule has 3 rings (SSSR count). The Morgan fingerprint density at radius 3 is 3.00 bits per heavy atom. The molecular weight excluding hydrogens is 278 g/mol.